The minimum absolute atomic E-state index is 0.221. The van der Waals surface area contributed by atoms with Crippen molar-refractivity contribution < 1.29 is 0 Å². The van der Waals surface area contributed by atoms with E-state index in [-0.39, 0.29) is 6.04 Å². The molecular formula is C12H15N. The second-order valence-corrected chi connectivity index (χ2v) is 3.38. The van der Waals surface area contributed by atoms with Gasteiger partial charge >= 0.3 is 0 Å². The van der Waals surface area contributed by atoms with E-state index in [1.54, 1.807) is 0 Å². The van der Waals surface area contributed by atoms with E-state index in [0.29, 0.717) is 6.42 Å². The zero-order valence-corrected chi connectivity index (χ0v) is 7.96. The second-order valence-electron chi connectivity index (χ2n) is 3.38. The molecule has 1 aromatic carbocycles. The maximum absolute atomic E-state index is 5.69. The molecule has 68 valence electrons. The van der Waals surface area contributed by atoms with Crippen LogP contribution < -0.4 is 5.73 Å². The van der Waals surface area contributed by atoms with Crippen LogP contribution in [0.2, 0.25) is 0 Å². The van der Waals surface area contributed by atoms with E-state index in [1.807, 2.05) is 6.92 Å². The molecule has 0 aliphatic rings. The Bertz CT molecular complexity index is 290. The van der Waals surface area contributed by atoms with E-state index in [9.17, 15) is 0 Å². The molecule has 1 rings (SSSR count). The minimum Gasteiger partial charge on any atom is -0.328 e. The summed E-state index contributed by atoms with van der Waals surface area (Å²) in [4.78, 5) is 0. The Morgan fingerprint density at radius 2 is 1.85 bits per heavy atom. The maximum Gasteiger partial charge on any atom is 0.0337 e. The summed E-state index contributed by atoms with van der Waals surface area (Å²) in [5, 5.41) is 0. The Kier molecular flexibility index (Phi) is 3.54. The second kappa shape index (κ2) is 4.69. The molecule has 1 heteroatoms. The van der Waals surface area contributed by atoms with Crippen LogP contribution in [0, 0.1) is 12.3 Å². The first-order valence-corrected chi connectivity index (χ1v) is 4.49. The fourth-order valence-corrected chi connectivity index (χ4v) is 1.28. The van der Waals surface area contributed by atoms with Crippen molar-refractivity contribution in [3.8, 4) is 12.3 Å². The molecule has 1 aromatic rings. The fourth-order valence-electron chi connectivity index (χ4n) is 1.28. The molecule has 0 heterocycles. The molecule has 1 atom stereocenters. The van der Waals surface area contributed by atoms with Gasteiger partial charge in [0.05, 0.1) is 0 Å². The van der Waals surface area contributed by atoms with Gasteiger partial charge in [-0.15, -0.1) is 12.3 Å². The van der Waals surface area contributed by atoms with Crippen LogP contribution in [0.25, 0.3) is 0 Å². The zero-order valence-electron chi connectivity index (χ0n) is 7.96. The lowest BCUT2D eigenvalue weighted by atomic mass is 10.0. The van der Waals surface area contributed by atoms with Gasteiger partial charge in [0, 0.05) is 12.5 Å². The molecule has 0 saturated heterocycles. The molecule has 0 radical (unpaired) electrons. The van der Waals surface area contributed by atoms with E-state index in [4.69, 9.17) is 12.2 Å². The standard InChI is InChI=1S/C12H15N/c1-3-4-11-5-7-12(8-6-11)9-10(2)13/h1,5-8,10H,4,9,13H2,2H3. The van der Waals surface area contributed by atoms with Crippen LogP contribution in [0.5, 0.6) is 0 Å². The Hall–Kier alpha value is -1.26. The van der Waals surface area contributed by atoms with Gasteiger partial charge in [-0.3, -0.25) is 0 Å². The summed E-state index contributed by atoms with van der Waals surface area (Å²) >= 11 is 0. The number of hydrogen-bond acceptors (Lipinski definition) is 1. The van der Waals surface area contributed by atoms with E-state index in [1.165, 1.54) is 11.1 Å². The monoisotopic (exact) mass is 173 g/mol. The van der Waals surface area contributed by atoms with Crippen LogP contribution in [0.1, 0.15) is 18.1 Å². The summed E-state index contributed by atoms with van der Waals surface area (Å²) < 4.78 is 0. The highest BCUT2D eigenvalue weighted by atomic mass is 14.6. The lowest BCUT2D eigenvalue weighted by Crippen LogP contribution is -2.17. The largest absolute Gasteiger partial charge is 0.328 e. The molecule has 0 aliphatic heterocycles. The Morgan fingerprint density at radius 1 is 1.31 bits per heavy atom. The van der Waals surface area contributed by atoms with Gasteiger partial charge in [-0.2, -0.15) is 0 Å². The molecule has 0 amide bonds. The minimum atomic E-state index is 0.221. The molecule has 1 unspecified atom stereocenters. The van der Waals surface area contributed by atoms with Crippen molar-refractivity contribution in [3.63, 3.8) is 0 Å². The van der Waals surface area contributed by atoms with Gasteiger partial charge in [0.2, 0.25) is 0 Å². The lowest BCUT2D eigenvalue weighted by Gasteiger charge is -2.05. The summed E-state index contributed by atoms with van der Waals surface area (Å²) in [6, 6.07) is 8.54. The zero-order chi connectivity index (χ0) is 9.68. The van der Waals surface area contributed by atoms with Crippen LogP contribution in [0.4, 0.5) is 0 Å². The van der Waals surface area contributed by atoms with Crippen LogP contribution >= 0.6 is 0 Å². The molecule has 1 nitrogen and oxygen atoms in total. The van der Waals surface area contributed by atoms with Gasteiger partial charge in [-0.05, 0) is 24.5 Å². The van der Waals surface area contributed by atoms with Gasteiger partial charge in [0.25, 0.3) is 0 Å². The molecule has 0 bridgehead atoms. The van der Waals surface area contributed by atoms with Gasteiger partial charge in [0.1, 0.15) is 0 Å². The number of hydrogen-bond donors (Lipinski definition) is 1. The molecule has 0 aromatic heterocycles. The number of benzene rings is 1. The number of rotatable bonds is 3. The normalized spacial score (nSPS) is 12.1. The first kappa shape index (κ1) is 9.83. The van der Waals surface area contributed by atoms with Crippen LogP contribution in [0.3, 0.4) is 0 Å². The first-order valence-electron chi connectivity index (χ1n) is 4.49. The van der Waals surface area contributed by atoms with Crippen molar-refractivity contribution in [3.05, 3.63) is 35.4 Å². The first-order chi connectivity index (χ1) is 6.22. The van der Waals surface area contributed by atoms with Crippen LogP contribution in [-0.4, -0.2) is 6.04 Å². The summed E-state index contributed by atoms with van der Waals surface area (Å²) in [7, 11) is 0. The lowest BCUT2D eigenvalue weighted by molar-refractivity contribution is 0.738. The van der Waals surface area contributed by atoms with Crippen molar-refractivity contribution in [2.75, 3.05) is 0 Å². The van der Waals surface area contributed by atoms with Gasteiger partial charge in [-0.25, -0.2) is 0 Å². The van der Waals surface area contributed by atoms with E-state index < -0.39 is 0 Å². The maximum atomic E-state index is 5.69. The average molecular weight is 173 g/mol. The predicted molar refractivity (Wildman–Crippen MR) is 56.3 cm³/mol. The molecule has 0 saturated carbocycles. The molecule has 13 heavy (non-hydrogen) atoms. The highest BCUT2D eigenvalue weighted by Crippen LogP contribution is 2.06. The molecule has 0 aliphatic carbocycles. The fraction of sp³-hybridized carbons (Fsp3) is 0.333. The van der Waals surface area contributed by atoms with E-state index >= 15 is 0 Å². The third-order valence-corrected chi connectivity index (χ3v) is 1.89. The summed E-state index contributed by atoms with van der Waals surface area (Å²) in [6.07, 6.45) is 6.84. The van der Waals surface area contributed by atoms with Gasteiger partial charge in [-0.1, -0.05) is 24.3 Å². The van der Waals surface area contributed by atoms with Crippen LogP contribution in [-0.2, 0) is 12.8 Å². The number of terminal acetylenes is 1. The van der Waals surface area contributed by atoms with Crippen molar-refractivity contribution >= 4 is 0 Å². The van der Waals surface area contributed by atoms with Gasteiger partial charge < -0.3 is 5.73 Å². The quantitative estimate of drug-likeness (QED) is 0.692. The molecular weight excluding hydrogens is 158 g/mol. The highest BCUT2D eigenvalue weighted by molar-refractivity contribution is 5.25. The topological polar surface area (TPSA) is 26.0 Å². The Labute approximate surface area is 80.0 Å². The third kappa shape index (κ3) is 3.31. The van der Waals surface area contributed by atoms with Crippen molar-refractivity contribution in [1.29, 1.82) is 0 Å². The third-order valence-electron chi connectivity index (χ3n) is 1.89. The summed E-state index contributed by atoms with van der Waals surface area (Å²) in [5.41, 5.74) is 8.15. The van der Waals surface area contributed by atoms with E-state index in [2.05, 4.69) is 30.2 Å². The molecule has 2 N–H and O–H groups in total. The predicted octanol–water partition coefficient (Wildman–Crippen LogP) is 1.75. The van der Waals surface area contributed by atoms with Gasteiger partial charge in [0.15, 0.2) is 0 Å². The van der Waals surface area contributed by atoms with Crippen LogP contribution in [0.15, 0.2) is 24.3 Å². The van der Waals surface area contributed by atoms with Crippen molar-refractivity contribution in [2.24, 2.45) is 5.73 Å². The summed E-state index contributed by atoms with van der Waals surface area (Å²) in [6.45, 7) is 2.01. The highest BCUT2D eigenvalue weighted by Gasteiger charge is 1.97. The Balaban J connectivity index is 2.65. The average Bonchev–Trinajstić information content (AvgIpc) is 2.08. The molecule has 0 spiro atoms. The Morgan fingerprint density at radius 3 is 2.31 bits per heavy atom. The summed E-state index contributed by atoms with van der Waals surface area (Å²) in [5.74, 6) is 2.62. The number of nitrogens with two attached hydrogens (primary N) is 1. The SMILES string of the molecule is C#CCc1ccc(CC(C)N)cc1. The molecule has 0 fully saturated rings. The van der Waals surface area contributed by atoms with Crippen molar-refractivity contribution in [2.45, 2.75) is 25.8 Å². The van der Waals surface area contributed by atoms with Crippen molar-refractivity contribution in [1.82, 2.24) is 0 Å². The van der Waals surface area contributed by atoms with E-state index in [0.717, 1.165) is 6.42 Å². The smallest absolute Gasteiger partial charge is 0.0337 e.